The van der Waals surface area contributed by atoms with Crippen molar-refractivity contribution in [3.05, 3.63) is 62.2 Å². The van der Waals surface area contributed by atoms with E-state index in [2.05, 4.69) is 9.97 Å². The van der Waals surface area contributed by atoms with Crippen molar-refractivity contribution in [2.75, 3.05) is 0 Å². The minimum Gasteiger partial charge on any atom is -0.335 e. The summed E-state index contributed by atoms with van der Waals surface area (Å²) in [6, 6.07) is 7.93. The van der Waals surface area contributed by atoms with Gasteiger partial charge in [-0.3, -0.25) is 10.1 Å². The zero-order valence-corrected chi connectivity index (χ0v) is 11.8. The molecule has 0 aliphatic heterocycles. The summed E-state index contributed by atoms with van der Waals surface area (Å²) in [5.41, 5.74) is 3.45. The van der Waals surface area contributed by atoms with Crippen molar-refractivity contribution in [3.63, 3.8) is 0 Å². The smallest absolute Gasteiger partial charge is 0.269 e. The highest BCUT2D eigenvalue weighted by molar-refractivity contribution is 7.71. The van der Waals surface area contributed by atoms with Gasteiger partial charge in [0, 0.05) is 23.5 Å². The van der Waals surface area contributed by atoms with Gasteiger partial charge in [-0.1, -0.05) is 18.2 Å². The molecule has 2 rings (SSSR count). The van der Waals surface area contributed by atoms with Crippen molar-refractivity contribution in [2.24, 2.45) is 0 Å². The van der Waals surface area contributed by atoms with E-state index in [1.165, 1.54) is 17.7 Å². The molecule has 19 heavy (non-hydrogen) atoms. The molecule has 5 nitrogen and oxygen atoms in total. The number of non-ortho nitro benzene ring substituents is 1. The quantitative estimate of drug-likeness (QED) is 0.490. The van der Waals surface area contributed by atoms with Crippen LogP contribution >= 0.6 is 12.2 Å². The highest BCUT2D eigenvalue weighted by Crippen LogP contribution is 2.07. The first-order valence-corrected chi connectivity index (χ1v) is 6.06. The molecule has 0 fully saturated rings. The van der Waals surface area contributed by atoms with E-state index < -0.39 is 4.92 Å². The number of nitro groups is 1. The monoisotopic (exact) mass is 277 g/mol. The van der Waals surface area contributed by atoms with Crippen LogP contribution in [0.15, 0.2) is 30.3 Å². The molecule has 6 heteroatoms. The second-order valence-electron chi connectivity index (χ2n) is 3.97. The molecule has 2 aromatic rings. The summed E-state index contributed by atoms with van der Waals surface area (Å²) in [4.78, 5) is 16.7. The molecule has 0 spiro atoms. The van der Waals surface area contributed by atoms with Crippen LogP contribution in [0.3, 0.4) is 0 Å². The molecule has 0 saturated heterocycles. The number of benzene rings is 1. The Bertz CT molecular complexity index is 597. The summed E-state index contributed by atoms with van der Waals surface area (Å²) in [7, 11) is 0. The van der Waals surface area contributed by atoms with Crippen molar-refractivity contribution in [3.8, 4) is 0 Å². The van der Waals surface area contributed by atoms with Crippen LogP contribution in [0.2, 0.25) is 0 Å². The first-order chi connectivity index (χ1) is 8.91. The lowest BCUT2D eigenvalue weighted by molar-refractivity contribution is -0.384. The molecular weight excluding hydrogens is 262 g/mol. The number of nitrogens with one attached hydrogen (secondary N) is 1. The van der Waals surface area contributed by atoms with Crippen LogP contribution in [-0.4, -0.2) is 14.9 Å². The maximum Gasteiger partial charge on any atom is 0.269 e. The number of nitro benzene ring substituents is 1. The molecule has 0 unspecified atom stereocenters. The van der Waals surface area contributed by atoms with Crippen LogP contribution in [0.4, 0.5) is 5.69 Å². The first-order valence-electron chi connectivity index (χ1n) is 5.65. The topological polar surface area (TPSA) is 71.8 Å². The fraction of sp³-hybridized carbons (Fsp3) is 0.231. The van der Waals surface area contributed by atoms with Gasteiger partial charge in [0.25, 0.3) is 5.69 Å². The van der Waals surface area contributed by atoms with Gasteiger partial charge in [0.1, 0.15) is 0 Å². The number of hydrogen-bond donors (Lipinski definition) is 1. The molecule has 0 aliphatic carbocycles. The van der Waals surface area contributed by atoms with Crippen molar-refractivity contribution < 1.29 is 4.92 Å². The average molecular weight is 277 g/mol. The Morgan fingerprint density at radius 1 is 1.21 bits per heavy atom. The van der Waals surface area contributed by atoms with Gasteiger partial charge in [0.2, 0.25) is 0 Å². The summed E-state index contributed by atoms with van der Waals surface area (Å²) in [6.07, 6.45) is 0. The lowest BCUT2D eigenvalue weighted by Gasteiger charge is -2.01. The second-order valence-corrected chi connectivity index (χ2v) is 4.36. The molecule has 0 amide bonds. The third-order valence-electron chi connectivity index (χ3n) is 2.64. The van der Waals surface area contributed by atoms with Gasteiger partial charge >= 0.3 is 0 Å². The molecule has 1 aromatic heterocycles. The normalized spacial score (nSPS) is 9.42. The van der Waals surface area contributed by atoms with Gasteiger partial charge in [0.05, 0.1) is 4.92 Å². The lowest BCUT2D eigenvalue weighted by atomic mass is 10.2. The summed E-state index contributed by atoms with van der Waals surface area (Å²) in [5.74, 6) is 0. The standard InChI is InChI=1S/C7H10N2S.C6H5NO2/c1-4-5(2)8-7(10)9-6(4)3;8-7(9)6-4-2-1-3-5-6/h1-3H3,(H,8,9,10);1-5H. The molecule has 0 aliphatic rings. The third-order valence-corrected chi connectivity index (χ3v) is 2.83. The third kappa shape index (κ3) is 4.59. The van der Waals surface area contributed by atoms with Gasteiger partial charge < -0.3 is 4.98 Å². The number of para-hydroxylation sites is 1. The van der Waals surface area contributed by atoms with Crippen LogP contribution < -0.4 is 0 Å². The fourth-order valence-corrected chi connectivity index (χ4v) is 1.63. The Kier molecular flexibility index (Phi) is 5.32. The first kappa shape index (κ1) is 15.0. The second kappa shape index (κ2) is 6.75. The maximum atomic E-state index is 10.0. The molecular formula is C13H15N3O2S. The molecule has 0 atom stereocenters. The van der Waals surface area contributed by atoms with Gasteiger partial charge in [-0.05, 0) is 38.6 Å². The Morgan fingerprint density at radius 2 is 1.79 bits per heavy atom. The lowest BCUT2D eigenvalue weighted by Crippen LogP contribution is -1.94. The van der Waals surface area contributed by atoms with E-state index in [4.69, 9.17) is 12.2 Å². The predicted octanol–water partition coefficient (Wildman–Crippen LogP) is 3.66. The number of rotatable bonds is 1. The SMILES string of the molecule is Cc1nc(=S)[nH]c(C)c1C.O=[N+]([O-])c1ccccc1. The van der Waals surface area contributed by atoms with Crippen molar-refractivity contribution in [1.29, 1.82) is 0 Å². The van der Waals surface area contributed by atoms with Crippen LogP contribution in [0.1, 0.15) is 17.0 Å². The van der Waals surface area contributed by atoms with Crippen molar-refractivity contribution in [2.45, 2.75) is 20.8 Å². The summed E-state index contributed by atoms with van der Waals surface area (Å²) < 4.78 is 0.570. The number of aromatic amines is 1. The van der Waals surface area contributed by atoms with Crippen LogP contribution in [-0.2, 0) is 0 Å². The highest BCUT2D eigenvalue weighted by atomic mass is 32.1. The van der Waals surface area contributed by atoms with Crippen molar-refractivity contribution in [1.82, 2.24) is 9.97 Å². The largest absolute Gasteiger partial charge is 0.335 e. The van der Waals surface area contributed by atoms with E-state index in [9.17, 15) is 10.1 Å². The number of aryl methyl sites for hydroxylation is 2. The molecule has 1 heterocycles. The summed E-state index contributed by atoms with van der Waals surface area (Å²) >= 11 is 4.88. The van der Waals surface area contributed by atoms with Gasteiger partial charge in [-0.15, -0.1) is 0 Å². The maximum absolute atomic E-state index is 10.0. The zero-order valence-electron chi connectivity index (χ0n) is 11.0. The number of hydrogen-bond acceptors (Lipinski definition) is 4. The highest BCUT2D eigenvalue weighted by Gasteiger charge is 1.98. The van der Waals surface area contributed by atoms with Gasteiger partial charge in [0.15, 0.2) is 4.77 Å². The Labute approximate surface area is 116 Å². The van der Waals surface area contributed by atoms with E-state index in [1.807, 2.05) is 20.8 Å². The Balaban J connectivity index is 0.000000191. The van der Waals surface area contributed by atoms with E-state index in [0.717, 1.165) is 11.4 Å². The number of nitrogens with zero attached hydrogens (tertiary/aromatic N) is 2. The van der Waals surface area contributed by atoms with Crippen LogP contribution in [0.25, 0.3) is 0 Å². The molecule has 100 valence electrons. The zero-order chi connectivity index (χ0) is 14.4. The molecule has 0 saturated carbocycles. The number of H-pyrrole nitrogens is 1. The van der Waals surface area contributed by atoms with Crippen molar-refractivity contribution >= 4 is 17.9 Å². The van der Waals surface area contributed by atoms with Gasteiger partial charge in [-0.25, -0.2) is 4.98 Å². The van der Waals surface area contributed by atoms with E-state index >= 15 is 0 Å². The molecule has 0 bridgehead atoms. The molecule has 1 aromatic carbocycles. The minimum absolute atomic E-state index is 0.137. The van der Waals surface area contributed by atoms with Gasteiger partial charge in [-0.2, -0.15) is 0 Å². The van der Waals surface area contributed by atoms with E-state index in [-0.39, 0.29) is 5.69 Å². The summed E-state index contributed by atoms with van der Waals surface area (Å²) in [6.45, 7) is 5.99. The summed E-state index contributed by atoms with van der Waals surface area (Å²) in [5, 5.41) is 10.0. The van der Waals surface area contributed by atoms with Crippen LogP contribution in [0.5, 0.6) is 0 Å². The Morgan fingerprint density at radius 3 is 2.21 bits per heavy atom. The predicted molar refractivity (Wildman–Crippen MR) is 76.7 cm³/mol. The molecule has 1 N–H and O–H groups in total. The fourth-order valence-electron chi connectivity index (χ4n) is 1.34. The van der Waals surface area contributed by atoms with E-state index in [0.29, 0.717) is 4.77 Å². The Hall–Kier alpha value is -2.08. The van der Waals surface area contributed by atoms with Crippen LogP contribution in [0, 0.1) is 35.7 Å². The minimum atomic E-state index is -0.417. The average Bonchev–Trinajstić information content (AvgIpc) is 2.37. The number of aromatic nitrogens is 2. The molecule has 0 radical (unpaired) electrons. The van der Waals surface area contributed by atoms with E-state index in [1.54, 1.807) is 18.2 Å².